The Balaban J connectivity index is 3.01. The van der Waals surface area contributed by atoms with Gasteiger partial charge in [0, 0.05) is 6.61 Å². The summed E-state index contributed by atoms with van der Waals surface area (Å²) in [6, 6.07) is 0. The summed E-state index contributed by atoms with van der Waals surface area (Å²) in [7, 11) is 0. The maximum atomic E-state index is 5.58. The van der Waals surface area contributed by atoms with E-state index >= 15 is 0 Å². The summed E-state index contributed by atoms with van der Waals surface area (Å²) < 4.78 is 5.58. The smallest absolute Gasteiger partial charge is 0.0598 e. The van der Waals surface area contributed by atoms with Crippen LogP contribution in [0, 0.1) is 0 Å². The van der Waals surface area contributed by atoms with Gasteiger partial charge in [-0.15, -0.1) is 0 Å². The fourth-order valence-corrected chi connectivity index (χ4v) is 0.907. The van der Waals surface area contributed by atoms with E-state index in [2.05, 4.69) is 33.0 Å². The van der Waals surface area contributed by atoms with Crippen LogP contribution in [0.5, 0.6) is 0 Å². The van der Waals surface area contributed by atoms with Gasteiger partial charge in [0.1, 0.15) is 0 Å². The molecule has 0 unspecified atom stereocenters. The van der Waals surface area contributed by atoms with E-state index in [-0.39, 0.29) is 5.60 Å². The molecular weight excluding hydrogens is 150 g/mol. The average molecular weight is 173 g/mol. The minimum absolute atomic E-state index is 0.0260. The fourth-order valence-electron chi connectivity index (χ4n) is 0.907. The van der Waals surface area contributed by atoms with Crippen molar-refractivity contribution in [2.45, 2.75) is 46.1 Å². The van der Waals surface area contributed by atoms with Crippen LogP contribution in [0.3, 0.4) is 0 Å². The van der Waals surface area contributed by atoms with Crippen molar-refractivity contribution in [1.82, 2.24) is 5.32 Å². The van der Waals surface area contributed by atoms with E-state index in [0.29, 0.717) is 0 Å². The molecule has 0 aromatic rings. The highest BCUT2D eigenvalue weighted by molar-refractivity contribution is 4.58. The van der Waals surface area contributed by atoms with Gasteiger partial charge in [-0.1, -0.05) is 6.92 Å². The average Bonchev–Trinajstić information content (AvgIpc) is 1.94. The highest BCUT2D eigenvalue weighted by Crippen LogP contribution is 2.07. The van der Waals surface area contributed by atoms with Gasteiger partial charge in [-0.3, -0.25) is 0 Å². The zero-order valence-corrected chi connectivity index (χ0v) is 8.94. The molecule has 12 heavy (non-hydrogen) atoms. The van der Waals surface area contributed by atoms with Gasteiger partial charge in [-0.25, -0.2) is 0 Å². The Morgan fingerprint density at radius 1 is 1.17 bits per heavy atom. The third-order valence-corrected chi connectivity index (χ3v) is 1.53. The van der Waals surface area contributed by atoms with Gasteiger partial charge in [0.15, 0.2) is 0 Å². The molecule has 0 aliphatic carbocycles. The molecule has 0 rings (SSSR count). The molecule has 0 fully saturated rings. The zero-order valence-electron chi connectivity index (χ0n) is 8.94. The van der Waals surface area contributed by atoms with Gasteiger partial charge in [-0.05, 0) is 46.7 Å². The van der Waals surface area contributed by atoms with E-state index < -0.39 is 0 Å². The van der Waals surface area contributed by atoms with Crippen molar-refractivity contribution >= 4 is 0 Å². The van der Waals surface area contributed by atoms with Crippen LogP contribution >= 0.6 is 0 Å². The van der Waals surface area contributed by atoms with Crippen LogP contribution in [-0.2, 0) is 4.74 Å². The van der Waals surface area contributed by atoms with Crippen molar-refractivity contribution in [2.75, 3.05) is 19.7 Å². The number of hydrogen-bond donors (Lipinski definition) is 1. The molecule has 0 aromatic carbocycles. The molecule has 0 aliphatic rings. The molecule has 2 nitrogen and oxygen atoms in total. The van der Waals surface area contributed by atoms with Crippen LogP contribution < -0.4 is 5.32 Å². The molecule has 1 N–H and O–H groups in total. The van der Waals surface area contributed by atoms with Crippen molar-refractivity contribution in [1.29, 1.82) is 0 Å². The molecule has 0 bridgehead atoms. The fraction of sp³-hybridized carbons (Fsp3) is 1.00. The van der Waals surface area contributed by atoms with Gasteiger partial charge in [0.25, 0.3) is 0 Å². The quantitative estimate of drug-likeness (QED) is 0.622. The first-order valence-corrected chi connectivity index (χ1v) is 4.91. The summed E-state index contributed by atoms with van der Waals surface area (Å²) in [6.07, 6.45) is 2.37. The minimum atomic E-state index is 0.0260. The van der Waals surface area contributed by atoms with Gasteiger partial charge in [-0.2, -0.15) is 0 Å². The van der Waals surface area contributed by atoms with Crippen LogP contribution in [0.15, 0.2) is 0 Å². The van der Waals surface area contributed by atoms with E-state index in [1.54, 1.807) is 0 Å². The molecule has 2 heteroatoms. The van der Waals surface area contributed by atoms with Crippen LogP contribution in [0.4, 0.5) is 0 Å². The Labute approximate surface area is 76.7 Å². The van der Waals surface area contributed by atoms with Gasteiger partial charge < -0.3 is 10.1 Å². The second-order valence-corrected chi connectivity index (χ2v) is 4.02. The molecule has 0 aromatic heterocycles. The van der Waals surface area contributed by atoms with Crippen LogP contribution in [0.1, 0.15) is 40.5 Å². The lowest BCUT2D eigenvalue weighted by molar-refractivity contribution is -0.00450. The summed E-state index contributed by atoms with van der Waals surface area (Å²) in [5.41, 5.74) is 0.0260. The Morgan fingerprint density at radius 3 is 2.33 bits per heavy atom. The molecule has 0 heterocycles. The van der Waals surface area contributed by atoms with Crippen molar-refractivity contribution in [3.63, 3.8) is 0 Å². The van der Waals surface area contributed by atoms with Gasteiger partial charge in [0.05, 0.1) is 5.60 Å². The van der Waals surface area contributed by atoms with Crippen LogP contribution in [0.25, 0.3) is 0 Å². The van der Waals surface area contributed by atoms with E-state index in [1.807, 2.05) is 0 Å². The lowest BCUT2D eigenvalue weighted by Crippen LogP contribution is -2.20. The third-order valence-electron chi connectivity index (χ3n) is 1.53. The first-order valence-electron chi connectivity index (χ1n) is 4.91. The topological polar surface area (TPSA) is 21.3 Å². The molecule has 0 aliphatic heterocycles. The Bertz CT molecular complexity index is 96.5. The number of nitrogens with one attached hydrogen (secondary N) is 1. The lowest BCUT2D eigenvalue weighted by atomic mass is 10.2. The highest BCUT2D eigenvalue weighted by Gasteiger charge is 2.08. The van der Waals surface area contributed by atoms with Crippen LogP contribution in [-0.4, -0.2) is 25.3 Å². The summed E-state index contributed by atoms with van der Waals surface area (Å²) in [6.45, 7) is 11.5. The summed E-state index contributed by atoms with van der Waals surface area (Å²) in [4.78, 5) is 0. The second-order valence-electron chi connectivity index (χ2n) is 4.02. The molecule has 74 valence electrons. The SMILES string of the molecule is CCNCCCCOC(C)(C)C. The van der Waals surface area contributed by atoms with Crippen molar-refractivity contribution in [2.24, 2.45) is 0 Å². The maximum Gasteiger partial charge on any atom is 0.0598 e. The van der Waals surface area contributed by atoms with Gasteiger partial charge >= 0.3 is 0 Å². The molecule has 0 amide bonds. The Morgan fingerprint density at radius 2 is 1.83 bits per heavy atom. The zero-order chi connectivity index (χ0) is 9.45. The minimum Gasteiger partial charge on any atom is -0.376 e. The van der Waals surface area contributed by atoms with E-state index in [1.165, 1.54) is 6.42 Å². The summed E-state index contributed by atoms with van der Waals surface area (Å²) in [5.74, 6) is 0. The predicted octanol–water partition coefficient (Wildman–Crippen LogP) is 2.19. The van der Waals surface area contributed by atoms with E-state index in [4.69, 9.17) is 4.74 Å². The van der Waals surface area contributed by atoms with E-state index in [9.17, 15) is 0 Å². The number of rotatable bonds is 6. The first kappa shape index (κ1) is 11.9. The van der Waals surface area contributed by atoms with Crippen molar-refractivity contribution in [3.05, 3.63) is 0 Å². The van der Waals surface area contributed by atoms with Gasteiger partial charge in [0.2, 0.25) is 0 Å². The first-order chi connectivity index (χ1) is 5.56. The Hall–Kier alpha value is -0.0800. The van der Waals surface area contributed by atoms with Crippen molar-refractivity contribution < 1.29 is 4.74 Å². The van der Waals surface area contributed by atoms with Crippen molar-refractivity contribution in [3.8, 4) is 0 Å². The molecule has 0 radical (unpaired) electrons. The number of ether oxygens (including phenoxy) is 1. The predicted molar refractivity (Wildman–Crippen MR) is 53.5 cm³/mol. The standard InChI is InChI=1S/C10H23NO/c1-5-11-8-6-7-9-12-10(2,3)4/h11H,5-9H2,1-4H3. The molecule has 0 spiro atoms. The molecule has 0 saturated carbocycles. The second kappa shape index (κ2) is 6.44. The lowest BCUT2D eigenvalue weighted by Gasteiger charge is -2.19. The normalized spacial score (nSPS) is 12.0. The molecule has 0 saturated heterocycles. The monoisotopic (exact) mass is 173 g/mol. The summed E-state index contributed by atoms with van der Waals surface area (Å²) >= 11 is 0. The number of hydrogen-bond acceptors (Lipinski definition) is 2. The number of unbranched alkanes of at least 4 members (excludes halogenated alkanes) is 1. The largest absolute Gasteiger partial charge is 0.376 e. The molecule has 0 atom stereocenters. The third kappa shape index (κ3) is 9.92. The Kier molecular flexibility index (Phi) is 6.39. The van der Waals surface area contributed by atoms with Crippen LogP contribution in [0.2, 0.25) is 0 Å². The summed E-state index contributed by atoms with van der Waals surface area (Å²) in [5, 5.41) is 3.29. The molecular formula is C10H23NO. The van der Waals surface area contributed by atoms with E-state index in [0.717, 1.165) is 26.1 Å². The highest BCUT2D eigenvalue weighted by atomic mass is 16.5. The maximum absolute atomic E-state index is 5.58.